The molecule has 0 unspecified atom stereocenters. The Balaban J connectivity index is 2.27. The molecule has 0 atom stereocenters. The number of amidine groups is 1. The standard InChI is InChI=1S/C13H10BrF3N2OS/c14-8-4-9(21-6-8)5-20-11-2-1-7(12(18)19)3-10(11)13(15,16)17/h1-4,6H,5H2,(H3,18,19). The third kappa shape index (κ3) is 3.98. The molecule has 0 aliphatic carbocycles. The lowest BCUT2D eigenvalue weighted by molar-refractivity contribution is -0.139. The maximum absolute atomic E-state index is 13.0. The zero-order chi connectivity index (χ0) is 15.6. The molecule has 3 nitrogen and oxygen atoms in total. The van der Waals surface area contributed by atoms with Crippen LogP contribution in [-0.2, 0) is 12.8 Å². The molecule has 1 heterocycles. The van der Waals surface area contributed by atoms with Gasteiger partial charge in [0.1, 0.15) is 18.2 Å². The van der Waals surface area contributed by atoms with Crippen molar-refractivity contribution in [3.63, 3.8) is 0 Å². The second kappa shape index (κ2) is 6.07. The predicted molar refractivity (Wildman–Crippen MR) is 78.8 cm³/mol. The van der Waals surface area contributed by atoms with Crippen molar-refractivity contribution < 1.29 is 17.9 Å². The summed E-state index contributed by atoms with van der Waals surface area (Å²) in [6, 6.07) is 5.11. The van der Waals surface area contributed by atoms with Gasteiger partial charge in [0, 0.05) is 20.3 Å². The summed E-state index contributed by atoms with van der Waals surface area (Å²) < 4.78 is 45.2. The van der Waals surface area contributed by atoms with Crippen LogP contribution < -0.4 is 10.5 Å². The molecule has 1 aromatic carbocycles. The molecule has 0 fully saturated rings. The molecule has 2 aromatic rings. The molecule has 0 saturated heterocycles. The van der Waals surface area contributed by atoms with E-state index in [1.807, 2.05) is 5.38 Å². The molecule has 0 bridgehead atoms. The molecule has 0 spiro atoms. The number of ether oxygens (including phenoxy) is 1. The predicted octanol–water partition coefficient (Wildman–Crippen LogP) is 4.39. The van der Waals surface area contributed by atoms with Gasteiger partial charge in [-0.3, -0.25) is 5.41 Å². The molecule has 0 saturated carbocycles. The molecule has 0 radical (unpaired) electrons. The van der Waals surface area contributed by atoms with Gasteiger partial charge < -0.3 is 10.5 Å². The fourth-order valence-electron chi connectivity index (χ4n) is 1.62. The van der Waals surface area contributed by atoms with Crippen molar-refractivity contribution in [1.82, 2.24) is 0 Å². The van der Waals surface area contributed by atoms with E-state index in [1.54, 1.807) is 6.07 Å². The molecule has 1 aromatic heterocycles. The van der Waals surface area contributed by atoms with Crippen LogP contribution in [0.3, 0.4) is 0 Å². The molecule has 112 valence electrons. The van der Waals surface area contributed by atoms with Gasteiger partial charge in [-0.25, -0.2) is 0 Å². The van der Waals surface area contributed by atoms with Crippen LogP contribution >= 0.6 is 27.3 Å². The molecule has 3 N–H and O–H groups in total. The van der Waals surface area contributed by atoms with Crippen molar-refractivity contribution in [2.24, 2.45) is 5.73 Å². The van der Waals surface area contributed by atoms with E-state index in [0.717, 1.165) is 15.4 Å². The Morgan fingerprint density at radius 1 is 1.33 bits per heavy atom. The van der Waals surface area contributed by atoms with Crippen LogP contribution in [0.4, 0.5) is 13.2 Å². The van der Waals surface area contributed by atoms with Crippen LogP contribution in [-0.4, -0.2) is 5.84 Å². The smallest absolute Gasteiger partial charge is 0.419 e. The van der Waals surface area contributed by atoms with Crippen molar-refractivity contribution in [3.05, 3.63) is 50.1 Å². The number of halogens is 4. The Hall–Kier alpha value is -1.54. The van der Waals surface area contributed by atoms with Crippen LogP contribution in [0.15, 0.2) is 34.1 Å². The van der Waals surface area contributed by atoms with Gasteiger partial charge in [-0.1, -0.05) is 0 Å². The maximum Gasteiger partial charge on any atom is 0.419 e. The first kappa shape index (κ1) is 15.8. The highest BCUT2D eigenvalue weighted by Gasteiger charge is 2.35. The van der Waals surface area contributed by atoms with Crippen LogP contribution in [0.1, 0.15) is 16.0 Å². The lowest BCUT2D eigenvalue weighted by Crippen LogP contribution is -2.14. The van der Waals surface area contributed by atoms with E-state index >= 15 is 0 Å². The summed E-state index contributed by atoms with van der Waals surface area (Å²) in [6.45, 7) is 0.0404. The first-order valence-corrected chi connectivity index (χ1v) is 7.36. The van der Waals surface area contributed by atoms with Gasteiger partial charge in [0.2, 0.25) is 0 Å². The highest BCUT2D eigenvalue weighted by atomic mass is 79.9. The van der Waals surface area contributed by atoms with Crippen molar-refractivity contribution >= 4 is 33.1 Å². The van der Waals surface area contributed by atoms with Gasteiger partial charge >= 0.3 is 6.18 Å². The Morgan fingerprint density at radius 3 is 2.57 bits per heavy atom. The van der Waals surface area contributed by atoms with Crippen LogP contribution in [0.25, 0.3) is 0 Å². The summed E-state index contributed by atoms with van der Waals surface area (Å²) >= 11 is 4.65. The number of benzene rings is 1. The van der Waals surface area contributed by atoms with Crippen LogP contribution in [0.2, 0.25) is 0 Å². The number of hydrogen-bond acceptors (Lipinski definition) is 3. The molecule has 0 aliphatic rings. The normalized spacial score (nSPS) is 11.4. The topological polar surface area (TPSA) is 59.1 Å². The van der Waals surface area contributed by atoms with Gasteiger partial charge in [0.25, 0.3) is 0 Å². The number of nitrogen functional groups attached to an aromatic ring is 1. The van der Waals surface area contributed by atoms with E-state index in [2.05, 4.69) is 15.9 Å². The molecule has 8 heteroatoms. The van der Waals surface area contributed by atoms with E-state index in [-0.39, 0.29) is 17.9 Å². The maximum atomic E-state index is 13.0. The Bertz CT molecular complexity index is 670. The number of rotatable bonds is 4. The average molecular weight is 379 g/mol. The number of alkyl halides is 3. The first-order chi connectivity index (χ1) is 9.77. The minimum absolute atomic E-state index is 0.00791. The lowest BCUT2D eigenvalue weighted by atomic mass is 10.1. The molecule has 21 heavy (non-hydrogen) atoms. The van der Waals surface area contributed by atoms with Crippen molar-refractivity contribution in [3.8, 4) is 5.75 Å². The summed E-state index contributed by atoms with van der Waals surface area (Å²) in [4.78, 5) is 0.797. The summed E-state index contributed by atoms with van der Waals surface area (Å²) in [5.41, 5.74) is 4.28. The number of hydrogen-bond donors (Lipinski definition) is 2. The average Bonchev–Trinajstić information content (AvgIpc) is 2.81. The van der Waals surface area contributed by atoms with Gasteiger partial charge in [-0.15, -0.1) is 11.3 Å². The highest BCUT2D eigenvalue weighted by Crippen LogP contribution is 2.37. The molecular weight excluding hydrogens is 369 g/mol. The van der Waals surface area contributed by atoms with E-state index in [4.69, 9.17) is 15.9 Å². The molecule has 0 amide bonds. The first-order valence-electron chi connectivity index (χ1n) is 5.68. The molecule has 2 rings (SSSR count). The third-order valence-corrected chi connectivity index (χ3v) is 4.26. The Labute approximate surface area is 131 Å². The van der Waals surface area contributed by atoms with E-state index in [1.165, 1.54) is 23.5 Å². The van der Waals surface area contributed by atoms with Crippen molar-refractivity contribution in [2.75, 3.05) is 0 Å². The molecule has 0 aliphatic heterocycles. The lowest BCUT2D eigenvalue weighted by Gasteiger charge is -2.14. The molecular formula is C13H10BrF3N2OS. The van der Waals surface area contributed by atoms with Crippen LogP contribution in [0.5, 0.6) is 5.75 Å². The summed E-state index contributed by atoms with van der Waals surface area (Å²) in [7, 11) is 0. The summed E-state index contributed by atoms with van der Waals surface area (Å²) in [5, 5.41) is 9.03. The Morgan fingerprint density at radius 2 is 2.05 bits per heavy atom. The van der Waals surface area contributed by atoms with Gasteiger partial charge in [-0.2, -0.15) is 13.2 Å². The largest absolute Gasteiger partial charge is 0.487 e. The zero-order valence-corrected chi connectivity index (χ0v) is 12.9. The quantitative estimate of drug-likeness (QED) is 0.612. The second-order valence-corrected chi connectivity index (χ2v) is 6.05. The highest BCUT2D eigenvalue weighted by molar-refractivity contribution is 9.10. The number of nitrogens with one attached hydrogen (secondary N) is 1. The number of nitrogens with two attached hydrogens (primary N) is 1. The monoisotopic (exact) mass is 378 g/mol. The second-order valence-electron chi connectivity index (χ2n) is 4.14. The van der Waals surface area contributed by atoms with E-state index < -0.39 is 17.6 Å². The summed E-state index contributed by atoms with van der Waals surface area (Å²) in [5.74, 6) is -0.703. The van der Waals surface area contributed by atoms with E-state index in [0.29, 0.717) is 0 Å². The van der Waals surface area contributed by atoms with Gasteiger partial charge in [0.15, 0.2) is 0 Å². The number of thiophene rings is 1. The van der Waals surface area contributed by atoms with Crippen LogP contribution in [0, 0.1) is 5.41 Å². The van der Waals surface area contributed by atoms with Gasteiger partial charge in [0.05, 0.1) is 5.56 Å². The zero-order valence-electron chi connectivity index (χ0n) is 10.5. The fraction of sp³-hybridized carbons (Fsp3) is 0.154. The Kier molecular flexibility index (Phi) is 4.58. The van der Waals surface area contributed by atoms with Gasteiger partial charge in [-0.05, 0) is 40.2 Å². The SMILES string of the molecule is N=C(N)c1ccc(OCc2cc(Br)cs2)c(C(F)(F)F)c1. The minimum atomic E-state index is -4.57. The van der Waals surface area contributed by atoms with Crippen molar-refractivity contribution in [2.45, 2.75) is 12.8 Å². The fourth-order valence-corrected chi connectivity index (χ4v) is 2.99. The summed E-state index contributed by atoms with van der Waals surface area (Å²) in [6.07, 6.45) is -4.57. The minimum Gasteiger partial charge on any atom is -0.487 e. The third-order valence-electron chi connectivity index (χ3n) is 2.59. The van der Waals surface area contributed by atoms with E-state index in [9.17, 15) is 13.2 Å². The van der Waals surface area contributed by atoms with Crippen molar-refractivity contribution in [1.29, 1.82) is 5.41 Å².